The van der Waals surface area contributed by atoms with Gasteiger partial charge in [-0.05, 0) is 19.4 Å². The van der Waals surface area contributed by atoms with Gasteiger partial charge in [0, 0.05) is 24.0 Å². The Morgan fingerprint density at radius 2 is 2.08 bits per heavy atom. The molecule has 2 aliphatic rings. The highest BCUT2D eigenvalue weighted by Crippen LogP contribution is 2.52. The van der Waals surface area contributed by atoms with E-state index in [-0.39, 0.29) is 18.4 Å². The van der Waals surface area contributed by atoms with Crippen LogP contribution in [0.25, 0.3) is 0 Å². The second-order valence-electron chi connectivity index (χ2n) is 7.30. The van der Waals surface area contributed by atoms with Gasteiger partial charge in [0.1, 0.15) is 11.3 Å². The van der Waals surface area contributed by atoms with Gasteiger partial charge in [-0.3, -0.25) is 4.79 Å². The summed E-state index contributed by atoms with van der Waals surface area (Å²) in [6, 6.07) is 7.42. The molecule has 6 heteroatoms. The summed E-state index contributed by atoms with van der Waals surface area (Å²) in [5.74, 6) is -0.982. The first-order valence-electron chi connectivity index (χ1n) is 8.72. The molecule has 1 aromatic carbocycles. The van der Waals surface area contributed by atoms with Crippen LogP contribution in [0, 0.1) is 5.41 Å². The van der Waals surface area contributed by atoms with Crippen molar-refractivity contribution < 1.29 is 24.2 Å². The highest BCUT2D eigenvalue weighted by Gasteiger charge is 2.66. The zero-order valence-corrected chi connectivity index (χ0v) is 14.9. The van der Waals surface area contributed by atoms with Gasteiger partial charge < -0.3 is 19.9 Å². The molecule has 1 heterocycles. The Balaban J connectivity index is 1.83. The second kappa shape index (κ2) is 6.33. The van der Waals surface area contributed by atoms with Gasteiger partial charge in [0.15, 0.2) is 0 Å². The number of hydrogen-bond acceptors (Lipinski definition) is 4. The zero-order chi connectivity index (χ0) is 18.2. The van der Waals surface area contributed by atoms with Crippen LogP contribution in [-0.4, -0.2) is 41.8 Å². The third-order valence-electron chi connectivity index (χ3n) is 5.74. The van der Waals surface area contributed by atoms with Gasteiger partial charge in [0.2, 0.25) is 5.91 Å². The number of carboxylic acids is 1. The minimum Gasteiger partial charge on any atom is -0.493 e. The number of benzene rings is 1. The number of fused-ring (bicyclic) bond motifs is 1. The maximum absolute atomic E-state index is 13.0. The van der Waals surface area contributed by atoms with Gasteiger partial charge in [-0.15, -0.1) is 0 Å². The Hall–Kier alpha value is -2.08. The molecular formula is C19H25NO5. The molecule has 0 radical (unpaired) electrons. The van der Waals surface area contributed by atoms with Crippen molar-refractivity contribution in [3.63, 3.8) is 0 Å². The fourth-order valence-corrected chi connectivity index (χ4v) is 3.95. The molecular weight excluding hydrogens is 322 g/mol. The highest BCUT2D eigenvalue weighted by molar-refractivity contribution is 5.92. The van der Waals surface area contributed by atoms with E-state index in [1.54, 1.807) is 0 Å². The summed E-state index contributed by atoms with van der Waals surface area (Å²) in [5.41, 5.74) is -1.18. The lowest BCUT2D eigenvalue weighted by molar-refractivity contribution is -0.195. The maximum atomic E-state index is 13.0. The SMILES string of the molecule is CCO[C@@H]1C[C@](NC(=O)[C@H]2CCOc3ccccc32)(C(=O)O)C1(C)C. The van der Waals surface area contributed by atoms with E-state index in [0.29, 0.717) is 25.4 Å². The molecule has 0 unspecified atom stereocenters. The molecule has 0 aromatic heterocycles. The number of hydrogen-bond donors (Lipinski definition) is 2. The summed E-state index contributed by atoms with van der Waals surface area (Å²) in [6.45, 7) is 6.52. The average molecular weight is 347 g/mol. The molecule has 2 N–H and O–H groups in total. The summed E-state index contributed by atoms with van der Waals surface area (Å²) in [6.07, 6.45) is 0.629. The van der Waals surface area contributed by atoms with Gasteiger partial charge in [-0.1, -0.05) is 32.0 Å². The van der Waals surface area contributed by atoms with Crippen molar-refractivity contribution in [2.75, 3.05) is 13.2 Å². The first kappa shape index (κ1) is 17.7. The second-order valence-corrected chi connectivity index (χ2v) is 7.30. The monoisotopic (exact) mass is 347 g/mol. The summed E-state index contributed by atoms with van der Waals surface area (Å²) in [7, 11) is 0. The fourth-order valence-electron chi connectivity index (χ4n) is 3.95. The van der Waals surface area contributed by atoms with Gasteiger partial charge >= 0.3 is 5.97 Å². The molecule has 1 amide bonds. The number of para-hydroxylation sites is 1. The van der Waals surface area contributed by atoms with E-state index >= 15 is 0 Å². The lowest BCUT2D eigenvalue weighted by Crippen LogP contribution is -2.76. The molecule has 3 atom stereocenters. The smallest absolute Gasteiger partial charge is 0.330 e. The van der Waals surface area contributed by atoms with E-state index in [0.717, 1.165) is 5.56 Å². The number of carbonyl (C=O) groups excluding carboxylic acids is 1. The van der Waals surface area contributed by atoms with Crippen LogP contribution in [-0.2, 0) is 14.3 Å². The van der Waals surface area contributed by atoms with Crippen LogP contribution in [0.1, 0.15) is 45.1 Å². The van der Waals surface area contributed by atoms with Crippen molar-refractivity contribution in [1.82, 2.24) is 5.32 Å². The fraction of sp³-hybridized carbons (Fsp3) is 0.579. The Labute approximate surface area is 147 Å². The molecule has 6 nitrogen and oxygen atoms in total. The third-order valence-corrected chi connectivity index (χ3v) is 5.74. The molecule has 25 heavy (non-hydrogen) atoms. The van der Waals surface area contributed by atoms with Gasteiger partial charge in [0.05, 0.1) is 18.6 Å². The van der Waals surface area contributed by atoms with Crippen molar-refractivity contribution >= 4 is 11.9 Å². The van der Waals surface area contributed by atoms with Crippen molar-refractivity contribution in [2.24, 2.45) is 5.41 Å². The largest absolute Gasteiger partial charge is 0.493 e. The number of nitrogens with one attached hydrogen (secondary N) is 1. The molecule has 0 bridgehead atoms. The number of aliphatic carboxylic acids is 1. The summed E-state index contributed by atoms with van der Waals surface area (Å²) in [4.78, 5) is 25.0. The maximum Gasteiger partial charge on any atom is 0.330 e. The normalized spacial score (nSPS) is 29.7. The molecule has 136 valence electrons. The number of rotatable bonds is 5. The molecule has 1 aliphatic carbocycles. The van der Waals surface area contributed by atoms with E-state index in [4.69, 9.17) is 9.47 Å². The molecule has 1 saturated carbocycles. The molecule has 1 aromatic rings. The molecule has 0 saturated heterocycles. The van der Waals surface area contributed by atoms with Gasteiger partial charge in [-0.25, -0.2) is 4.79 Å². The number of ether oxygens (including phenoxy) is 2. The van der Waals surface area contributed by atoms with Crippen molar-refractivity contribution in [2.45, 2.75) is 51.2 Å². The van der Waals surface area contributed by atoms with Crippen LogP contribution in [0.4, 0.5) is 0 Å². The molecule has 1 aliphatic heterocycles. The Morgan fingerprint density at radius 1 is 1.36 bits per heavy atom. The average Bonchev–Trinajstić information content (AvgIpc) is 2.59. The topological polar surface area (TPSA) is 84.9 Å². The summed E-state index contributed by atoms with van der Waals surface area (Å²) >= 11 is 0. The van der Waals surface area contributed by atoms with Crippen LogP contribution in [0.15, 0.2) is 24.3 Å². The Morgan fingerprint density at radius 3 is 2.72 bits per heavy atom. The van der Waals surface area contributed by atoms with E-state index in [1.165, 1.54) is 0 Å². The van der Waals surface area contributed by atoms with Crippen molar-refractivity contribution in [1.29, 1.82) is 0 Å². The van der Waals surface area contributed by atoms with E-state index in [2.05, 4.69) is 5.32 Å². The van der Waals surface area contributed by atoms with E-state index in [1.807, 2.05) is 45.0 Å². The predicted octanol–water partition coefficient (Wildman–Crippen LogP) is 2.33. The van der Waals surface area contributed by atoms with E-state index < -0.39 is 22.8 Å². The summed E-state index contributed by atoms with van der Waals surface area (Å²) < 4.78 is 11.2. The van der Waals surface area contributed by atoms with Gasteiger partial charge in [-0.2, -0.15) is 0 Å². The Kier molecular flexibility index (Phi) is 4.49. The minimum atomic E-state index is -1.31. The Bertz CT molecular complexity index is 686. The van der Waals surface area contributed by atoms with Crippen LogP contribution in [0.3, 0.4) is 0 Å². The van der Waals surface area contributed by atoms with Crippen molar-refractivity contribution in [3.05, 3.63) is 29.8 Å². The molecule has 1 fully saturated rings. The highest BCUT2D eigenvalue weighted by atomic mass is 16.5. The van der Waals surface area contributed by atoms with Crippen LogP contribution in [0.5, 0.6) is 5.75 Å². The first-order chi connectivity index (χ1) is 11.8. The first-order valence-corrected chi connectivity index (χ1v) is 8.72. The number of carbonyl (C=O) groups is 2. The van der Waals surface area contributed by atoms with Crippen LogP contribution >= 0.6 is 0 Å². The standard InChI is InChI=1S/C19H25NO5/c1-4-24-15-11-19(17(22)23,18(15,2)3)20-16(21)13-9-10-25-14-8-6-5-7-12(13)14/h5-8,13,15H,4,9-11H2,1-3H3,(H,20,21)(H,22,23)/t13-,15+,19-/m0/s1. The van der Waals surface area contributed by atoms with E-state index in [9.17, 15) is 14.7 Å². The molecule has 3 rings (SSSR count). The zero-order valence-electron chi connectivity index (χ0n) is 14.9. The summed E-state index contributed by atoms with van der Waals surface area (Å²) in [5, 5.41) is 12.7. The minimum absolute atomic E-state index is 0.184. The van der Waals surface area contributed by atoms with Gasteiger partial charge in [0.25, 0.3) is 0 Å². The number of amides is 1. The van der Waals surface area contributed by atoms with Crippen LogP contribution < -0.4 is 10.1 Å². The molecule has 0 spiro atoms. The number of carboxylic acid groups (broad SMARTS) is 1. The lowest BCUT2D eigenvalue weighted by atomic mass is 9.54. The lowest BCUT2D eigenvalue weighted by Gasteiger charge is -2.58. The van der Waals surface area contributed by atoms with Crippen LogP contribution in [0.2, 0.25) is 0 Å². The predicted molar refractivity (Wildman–Crippen MR) is 91.6 cm³/mol. The third kappa shape index (κ3) is 2.68. The quantitative estimate of drug-likeness (QED) is 0.854. The van der Waals surface area contributed by atoms with Crippen molar-refractivity contribution in [3.8, 4) is 5.75 Å².